The summed E-state index contributed by atoms with van der Waals surface area (Å²) >= 11 is 6.38. The normalized spacial score (nSPS) is 23.9. The van der Waals surface area contributed by atoms with Gasteiger partial charge in [-0.3, -0.25) is 4.79 Å². The number of nitrogens with one attached hydrogen (secondary N) is 1. The molecule has 1 N–H and O–H groups in total. The second kappa shape index (κ2) is 8.82. The highest BCUT2D eigenvalue weighted by atomic mass is 35.5. The third-order valence-corrected chi connectivity index (χ3v) is 6.22. The fourth-order valence-electron chi connectivity index (χ4n) is 4.47. The van der Waals surface area contributed by atoms with Gasteiger partial charge in [0.1, 0.15) is 12.4 Å². The molecule has 4 rings (SSSR count). The second-order valence-electron chi connectivity index (χ2n) is 7.89. The van der Waals surface area contributed by atoms with Gasteiger partial charge in [-0.15, -0.1) is 0 Å². The Morgan fingerprint density at radius 3 is 2.83 bits per heavy atom. The van der Waals surface area contributed by atoms with E-state index in [4.69, 9.17) is 25.8 Å². The number of rotatable bonds is 5. The summed E-state index contributed by atoms with van der Waals surface area (Å²) in [6.45, 7) is 2.76. The zero-order valence-corrected chi connectivity index (χ0v) is 18.0. The molecule has 30 heavy (non-hydrogen) atoms. The Morgan fingerprint density at radius 2 is 2.13 bits per heavy atom. The van der Waals surface area contributed by atoms with Gasteiger partial charge in [-0.1, -0.05) is 17.7 Å². The van der Waals surface area contributed by atoms with E-state index in [-0.39, 0.29) is 18.5 Å². The lowest BCUT2D eigenvalue weighted by atomic mass is 9.75. The molecule has 2 atom stereocenters. The molecule has 2 aliphatic heterocycles. The Morgan fingerprint density at radius 1 is 1.30 bits per heavy atom. The molecule has 7 heteroatoms. The molecule has 0 aromatic heterocycles. The van der Waals surface area contributed by atoms with Crippen LogP contribution in [0.2, 0.25) is 5.02 Å². The summed E-state index contributed by atoms with van der Waals surface area (Å²) in [6, 6.07) is 5.38. The predicted octanol–water partition coefficient (Wildman–Crippen LogP) is 4.04. The van der Waals surface area contributed by atoms with Crippen LogP contribution >= 0.6 is 11.6 Å². The maximum atomic E-state index is 13.2. The third kappa shape index (κ3) is 3.98. The van der Waals surface area contributed by atoms with Crippen molar-refractivity contribution >= 4 is 23.4 Å². The van der Waals surface area contributed by atoms with Crippen molar-refractivity contribution in [3.8, 4) is 5.75 Å². The lowest BCUT2D eigenvalue weighted by molar-refractivity contribution is -0.142. The summed E-state index contributed by atoms with van der Waals surface area (Å²) in [5.74, 6) is -0.355. The number of hydrogen-bond donors (Lipinski definition) is 1. The topological polar surface area (TPSA) is 73.9 Å². The van der Waals surface area contributed by atoms with Gasteiger partial charge in [-0.2, -0.15) is 0 Å². The predicted molar refractivity (Wildman–Crippen MR) is 112 cm³/mol. The number of dihydropyridines is 1. The summed E-state index contributed by atoms with van der Waals surface area (Å²) in [4.78, 5) is 26.1. The molecule has 0 bridgehead atoms. The smallest absolute Gasteiger partial charge is 0.336 e. The fraction of sp³-hybridized carbons (Fsp3) is 0.478. The van der Waals surface area contributed by atoms with Crippen molar-refractivity contribution < 1.29 is 23.8 Å². The highest BCUT2D eigenvalue weighted by molar-refractivity contribution is 6.32. The van der Waals surface area contributed by atoms with E-state index >= 15 is 0 Å². The molecular weight excluding hydrogens is 406 g/mol. The molecule has 1 saturated heterocycles. The number of methoxy groups -OCH3 is 1. The zero-order chi connectivity index (χ0) is 21.3. The van der Waals surface area contributed by atoms with E-state index in [0.29, 0.717) is 40.6 Å². The van der Waals surface area contributed by atoms with Crippen LogP contribution in [0.15, 0.2) is 40.7 Å². The zero-order valence-electron chi connectivity index (χ0n) is 17.3. The summed E-state index contributed by atoms with van der Waals surface area (Å²) in [7, 11) is 1.55. The summed E-state index contributed by atoms with van der Waals surface area (Å²) in [6.07, 6.45) is 3.84. The van der Waals surface area contributed by atoms with Crippen LogP contribution in [0, 0.1) is 0 Å². The molecule has 3 aliphatic rings. The van der Waals surface area contributed by atoms with E-state index in [0.717, 1.165) is 36.9 Å². The van der Waals surface area contributed by atoms with E-state index in [1.54, 1.807) is 19.2 Å². The second-order valence-corrected chi connectivity index (χ2v) is 8.30. The maximum Gasteiger partial charge on any atom is 0.336 e. The lowest BCUT2D eigenvalue weighted by Gasteiger charge is -2.34. The van der Waals surface area contributed by atoms with Gasteiger partial charge in [-0.25, -0.2) is 4.79 Å². The van der Waals surface area contributed by atoms with Crippen molar-refractivity contribution in [2.45, 2.75) is 51.0 Å². The van der Waals surface area contributed by atoms with Crippen LogP contribution in [0.1, 0.15) is 50.5 Å². The molecular formula is C23H26ClNO5. The highest BCUT2D eigenvalue weighted by Gasteiger charge is 2.39. The van der Waals surface area contributed by atoms with Gasteiger partial charge >= 0.3 is 5.97 Å². The maximum absolute atomic E-state index is 13.2. The van der Waals surface area contributed by atoms with Gasteiger partial charge in [0.05, 0.1) is 23.8 Å². The molecule has 2 heterocycles. The molecule has 1 aromatic rings. The number of ether oxygens (including phenoxy) is 3. The first-order valence-electron chi connectivity index (χ1n) is 10.4. The first-order chi connectivity index (χ1) is 14.5. The van der Waals surface area contributed by atoms with E-state index < -0.39 is 11.9 Å². The number of benzene rings is 1. The van der Waals surface area contributed by atoms with Gasteiger partial charge in [0.2, 0.25) is 0 Å². The van der Waals surface area contributed by atoms with Crippen LogP contribution in [0.3, 0.4) is 0 Å². The fourth-order valence-corrected chi connectivity index (χ4v) is 4.74. The minimum atomic E-state index is -0.519. The third-order valence-electron chi connectivity index (χ3n) is 5.93. The average molecular weight is 432 g/mol. The van der Waals surface area contributed by atoms with E-state index in [2.05, 4.69) is 5.32 Å². The lowest BCUT2D eigenvalue weighted by Crippen LogP contribution is -2.35. The van der Waals surface area contributed by atoms with Crippen molar-refractivity contribution in [2.75, 3.05) is 20.3 Å². The summed E-state index contributed by atoms with van der Waals surface area (Å²) < 4.78 is 16.5. The van der Waals surface area contributed by atoms with E-state index in [1.807, 2.05) is 13.0 Å². The molecule has 0 radical (unpaired) electrons. The van der Waals surface area contributed by atoms with Gasteiger partial charge in [0, 0.05) is 35.9 Å². The van der Waals surface area contributed by atoms with Crippen molar-refractivity contribution in [1.82, 2.24) is 5.32 Å². The number of halogens is 1. The van der Waals surface area contributed by atoms with Crippen molar-refractivity contribution in [1.29, 1.82) is 0 Å². The number of allylic oxidation sites excluding steroid dienone is 3. The van der Waals surface area contributed by atoms with Crippen LogP contribution in [-0.4, -0.2) is 38.2 Å². The molecule has 160 valence electrons. The number of hydrogen-bond acceptors (Lipinski definition) is 6. The molecule has 0 amide bonds. The monoisotopic (exact) mass is 431 g/mol. The van der Waals surface area contributed by atoms with Crippen LogP contribution in [0.4, 0.5) is 0 Å². The number of carbonyl (C=O) groups excluding carboxylic acids is 2. The summed E-state index contributed by atoms with van der Waals surface area (Å²) in [5, 5.41) is 3.73. The highest BCUT2D eigenvalue weighted by Crippen LogP contribution is 2.44. The Kier molecular flexibility index (Phi) is 6.16. The minimum absolute atomic E-state index is 0.0533. The van der Waals surface area contributed by atoms with Gasteiger partial charge < -0.3 is 19.5 Å². The van der Waals surface area contributed by atoms with E-state index in [1.165, 1.54) is 0 Å². The number of carbonyl (C=O) groups is 2. The minimum Gasteiger partial charge on any atom is -0.495 e. The Bertz CT molecular complexity index is 930. The number of esters is 1. The first-order valence-corrected chi connectivity index (χ1v) is 10.7. The van der Waals surface area contributed by atoms with Gasteiger partial charge in [0.15, 0.2) is 5.78 Å². The molecule has 1 fully saturated rings. The quantitative estimate of drug-likeness (QED) is 0.709. The average Bonchev–Trinajstić information content (AvgIpc) is 3.25. The molecule has 6 nitrogen and oxygen atoms in total. The summed E-state index contributed by atoms with van der Waals surface area (Å²) in [5.41, 5.74) is 3.45. The Hall–Kier alpha value is -2.31. The Balaban J connectivity index is 1.71. The Labute approximate surface area is 181 Å². The molecule has 0 unspecified atom stereocenters. The SMILES string of the molecule is COc1ccc([C@@H]2C(C(=O)OC[C@H]3CCCO3)=C(C)NC3=C2C(=O)CCC3)cc1Cl. The van der Waals surface area contributed by atoms with Crippen LogP contribution in [0.5, 0.6) is 5.75 Å². The first kappa shape index (κ1) is 20.9. The van der Waals surface area contributed by atoms with Gasteiger partial charge in [-0.05, 0) is 50.3 Å². The number of Topliss-reactive ketones (excluding diaryl/α,β-unsaturated/α-hetero) is 1. The van der Waals surface area contributed by atoms with Crippen molar-refractivity contribution in [2.24, 2.45) is 0 Å². The van der Waals surface area contributed by atoms with Crippen molar-refractivity contribution in [3.63, 3.8) is 0 Å². The van der Waals surface area contributed by atoms with Gasteiger partial charge in [0.25, 0.3) is 0 Å². The molecule has 0 saturated carbocycles. The standard InChI is InChI=1S/C23H26ClNO5/c1-13-20(23(27)30-12-15-5-4-10-29-15)21(14-8-9-19(28-2)16(24)11-14)22-17(25-13)6-3-7-18(22)26/h8-9,11,15,21,25H,3-7,10,12H2,1-2H3/t15-,21-/m1/s1. The van der Waals surface area contributed by atoms with E-state index in [9.17, 15) is 9.59 Å². The van der Waals surface area contributed by atoms with Crippen LogP contribution in [0.25, 0.3) is 0 Å². The largest absolute Gasteiger partial charge is 0.495 e. The number of ketones is 1. The molecule has 0 spiro atoms. The molecule has 1 aromatic carbocycles. The van der Waals surface area contributed by atoms with Crippen LogP contribution in [-0.2, 0) is 19.1 Å². The van der Waals surface area contributed by atoms with Crippen molar-refractivity contribution in [3.05, 3.63) is 51.3 Å². The van der Waals surface area contributed by atoms with Crippen LogP contribution < -0.4 is 10.1 Å². The molecule has 1 aliphatic carbocycles.